The summed E-state index contributed by atoms with van der Waals surface area (Å²) in [7, 11) is -0.875. The third kappa shape index (κ3) is 3.89. The summed E-state index contributed by atoms with van der Waals surface area (Å²) in [5.41, 5.74) is 0.431. The number of sulfonamides is 1. The SMILES string of the molecule is CC(=O)c1csc(NC(=O)c2ccc(Br)c(S(=O)(=O)N(C)C)c2)n1. The number of benzene rings is 1. The molecule has 1 N–H and O–H groups in total. The van der Waals surface area contributed by atoms with Crippen molar-refractivity contribution in [1.29, 1.82) is 0 Å². The Morgan fingerprint density at radius 3 is 2.50 bits per heavy atom. The third-order valence-electron chi connectivity index (χ3n) is 3.04. The third-order valence-corrected chi connectivity index (χ3v) is 6.60. The summed E-state index contributed by atoms with van der Waals surface area (Å²) in [5.74, 6) is -0.711. The Morgan fingerprint density at radius 2 is 1.96 bits per heavy atom. The lowest BCUT2D eigenvalue weighted by Gasteiger charge is -2.13. The lowest BCUT2D eigenvalue weighted by Crippen LogP contribution is -2.23. The zero-order valence-corrected chi connectivity index (χ0v) is 16.3. The van der Waals surface area contributed by atoms with Crippen molar-refractivity contribution >= 4 is 54.1 Å². The summed E-state index contributed by atoms with van der Waals surface area (Å²) >= 11 is 4.30. The number of Topliss-reactive ketones (excluding diaryl/α,β-unsaturated/α-hetero) is 1. The fraction of sp³-hybridized carbons (Fsp3) is 0.214. The number of thiazole rings is 1. The molecule has 1 aromatic carbocycles. The number of carbonyl (C=O) groups is 2. The van der Waals surface area contributed by atoms with Gasteiger partial charge in [0.2, 0.25) is 10.0 Å². The number of hydrogen-bond acceptors (Lipinski definition) is 6. The molecule has 0 saturated heterocycles. The van der Waals surface area contributed by atoms with Gasteiger partial charge >= 0.3 is 0 Å². The minimum atomic E-state index is -3.69. The molecule has 0 saturated carbocycles. The van der Waals surface area contributed by atoms with Crippen LogP contribution < -0.4 is 5.32 Å². The number of anilines is 1. The van der Waals surface area contributed by atoms with E-state index in [0.717, 1.165) is 15.6 Å². The molecule has 2 rings (SSSR count). The van der Waals surface area contributed by atoms with Crippen LogP contribution in [0.5, 0.6) is 0 Å². The lowest BCUT2D eigenvalue weighted by molar-refractivity contribution is 0.100. The van der Waals surface area contributed by atoms with Crippen molar-refractivity contribution < 1.29 is 18.0 Å². The Hall–Kier alpha value is -1.62. The monoisotopic (exact) mass is 431 g/mol. The molecule has 0 bridgehead atoms. The molecule has 0 aliphatic heterocycles. The van der Waals surface area contributed by atoms with E-state index in [0.29, 0.717) is 4.47 Å². The van der Waals surface area contributed by atoms with E-state index in [1.807, 2.05) is 0 Å². The van der Waals surface area contributed by atoms with Crippen LogP contribution in [-0.2, 0) is 10.0 Å². The second kappa shape index (κ2) is 7.09. The molecule has 0 spiro atoms. The van der Waals surface area contributed by atoms with Crippen LogP contribution in [0, 0.1) is 0 Å². The van der Waals surface area contributed by atoms with E-state index >= 15 is 0 Å². The molecule has 0 unspecified atom stereocenters. The van der Waals surface area contributed by atoms with Gasteiger partial charge in [0, 0.05) is 36.4 Å². The van der Waals surface area contributed by atoms with Crippen LogP contribution in [0.3, 0.4) is 0 Å². The summed E-state index contributed by atoms with van der Waals surface area (Å²) in [6.07, 6.45) is 0. The summed E-state index contributed by atoms with van der Waals surface area (Å²) in [5, 5.41) is 4.37. The first-order valence-electron chi connectivity index (χ1n) is 6.63. The molecule has 0 atom stereocenters. The Bertz CT molecular complexity index is 906. The van der Waals surface area contributed by atoms with Crippen molar-refractivity contribution in [2.24, 2.45) is 0 Å². The fourth-order valence-electron chi connectivity index (χ4n) is 1.70. The molecule has 1 aromatic heterocycles. The first-order chi connectivity index (χ1) is 11.1. The molecule has 24 heavy (non-hydrogen) atoms. The first-order valence-corrected chi connectivity index (χ1v) is 9.74. The fourth-order valence-corrected chi connectivity index (χ4v) is 4.29. The molecule has 1 heterocycles. The van der Waals surface area contributed by atoms with E-state index in [-0.39, 0.29) is 27.1 Å². The van der Waals surface area contributed by atoms with E-state index in [4.69, 9.17) is 0 Å². The zero-order chi connectivity index (χ0) is 18.1. The van der Waals surface area contributed by atoms with E-state index in [2.05, 4.69) is 26.2 Å². The minimum Gasteiger partial charge on any atom is -0.298 e. The number of rotatable bonds is 5. The van der Waals surface area contributed by atoms with Crippen molar-refractivity contribution in [2.75, 3.05) is 19.4 Å². The number of amides is 1. The van der Waals surface area contributed by atoms with Gasteiger partial charge in [-0.3, -0.25) is 14.9 Å². The van der Waals surface area contributed by atoms with Gasteiger partial charge in [-0.05, 0) is 34.1 Å². The Labute approximate surface area is 151 Å². The van der Waals surface area contributed by atoms with E-state index < -0.39 is 15.9 Å². The quantitative estimate of drug-likeness (QED) is 0.733. The highest BCUT2D eigenvalue weighted by Gasteiger charge is 2.22. The largest absolute Gasteiger partial charge is 0.298 e. The molecule has 2 aromatic rings. The molecular formula is C14H14BrN3O4S2. The number of nitrogens with zero attached hydrogens (tertiary/aromatic N) is 2. The number of ketones is 1. The highest BCUT2D eigenvalue weighted by molar-refractivity contribution is 9.10. The van der Waals surface area contributed by atoms with Crippen LogP contribution in [0.4, 0.5) is 5.13 Å². The molecule has 128 valence electrons. The number of carbonyl (C=O) groups excluding carboxylic acids is 2. The second-order valence-corrected chi connectivity index (χ2v) is 8.81. The van der Waals surface area contributed by atoms with Crippen molar-refractivity contribution in [3.63, 3.8) is 0 Å². The number of nitrogens with one attached hydrogen (secondary N) is 1. The predicted molar refractivity (Wildman–Crippen MR) is 95.1 cm³/mol. The van der Waals surface area contributed by atoms with Gasteiger partial charge in [0.1, 0.15) is 5.69 Å². The normalized spacial score (nSPS) is 11.5. The molecule has 0 aliphatic rings. The van der Waals surface area contributed by atoms with Crippen LogP contribution in [0.25, 0.3) is 0 Å². The van der Waals surface area contributed by atoms with Gasteiger partial charge in [0.15, 0.2) is 10.9 Å². The Morgan fingerprint density at radius 1 is 1.29 bits per heavy atom. The molecule has 10 heteroatoms. The number of halogens is 1. The van der Waals surface area contributed by atoms with Crippen LogP contribution in [-0.4, -0.2) is 43.5 Å². The van der Waals surface area contributed by atoms with Crippen molar-refractivity contribution in [3.8, 4) is 0 Å². The average molecular weight is 432 g/mol. The highest BCUT2D eigenvalue weighted by Crippen LogP contribution is 2.26. The van der Waals surface area contributed by atoms with Crippen molar-refractivity contribution in [2.45, 2.75) is 11.8 Å². The van der Waals surface area contributed by atoms with Gasteiger partial charge in [0.25, 0.3) is 5.91 Å². The Kier molecular flexibility index (Phi) is 5.53. The number of hydrogen-bond donors (Lipinski definition) is 1. The maximum absolute atomic E-state index is 12.3. The van der Waals surface area contributed by atoms with E-state index in [9.17, 15) is 18.0 Å². The van der Waals surface area contributed by atoms with Crippen molar-refractivity contribution in [3.05, 3.63) is 39.3 Å². The van der Waals surface area contributed by atoms with E-state index in [1.54, 1.807) is 5.38 Å². The maximum atomic E-state index is 12.3. The average Bonchev–Trinajstić information content (AvgIpc) is 2.96. The number of aromatic nitrogens is 1. The first kappa shape index (κ1) is 18.7. The molecular weight excluding hydrogens is 418 g/mol. The highest BCUT2D eigenvalue weighted by atomic mass is 79.9. The van der Waals surface area contributed by atoms with Crippen molar-refractivity contribution in [1.82, 2.24) is 9.29 Å². The molecule has 7 nitrogen and oxygen atoms in total. The molecule has 1 amide bonds. The summed E-state index contributed by atoms with van der Waals surface area (Å²) in [6.45, 7) is 1.38. The van der Waals surface area contributed by atoms with Gasteiger partial charge in [0.05, 0.1) is 4.90 Å². The summed E-state index contributed by atoms with van der Waals surface area (Å²) in [4.78, 5) is 27.5. The zero-order valence-electron chi connectivity index (χ0n) is 13.0. The van der Waals surface area contributed by atoms with Crippen LogP contribution in [0.1, 0.15) is 27.8 Å². The van der Waals surface area contributed by atoms with Gasteiger partial charge < -0.3 is 0 Å². The predicted octanol–water partition coefficient (Wildman–Crippen LogP) is 2.61. The van der Waals surface area contributed by atoms with Gasteiger partial charge in [-0.25, -0.2) is 17.7 Å². The topological polar surface area (TPSA) is 96.4 Å². The molecule has 0 fully saturated rings. The summed E-state index contributed by atoms with van der Waals surface area (Å²) in [6, 6.07) is 4.27. The smallest absolute Gasteiger partial charge is 0.257 e. The van der Waals surface area contributed by atoms with Gasteiger partial charge in [-0.1, -0.05) is 0 Å². The van der Waals surface area contributed by atoms with Crippen LogP contribution in [0.15, 0.2) is 32.9 Å². The van der Waals surface area contributed by atoms with Crippen LogP contribution in [0.2, 0.25) is 0 Å². The lowest BCUT2D eigenvalue weighted by atomic mass is 10.2. The van der Waals surface area contributed by atoms with Crippen LogP contribution >= 0.6 is 27.3 Å². The van der Waals surface area contributed by atoms with Gasteiger partial charge in [-0.15, -0.1) is 11.3 Å². The summed E-state index contributed by atoms with van der Waals surface area (Å²) < 4.78 is 26.0. The Balaban J connectivity index is 2.32. The second-order valence-electron chi connectivity index (χ2n) is 4.98. The maximum Gasteiger partial charge on any atom is 0.257 e. The van der Waals surface area contributed by atoms with E-state index in [1.165, 1.54) is 39.2 Å². The standard InChI is InChI=1S/C14H14BrN3O4S2/c1-8(19)11-7-23-14(16-11)17-13(20)9-4-5-10(15)12(6-9)24(21,22)18(2)3/h4-7H,1-3H3,(H,16,17,20). The molecule has 0 aliphatic carbocycles. The van der Waals surface area contributed by atoms with Gasteiger partial charge in [-0.2, -0.15) is 0 Å². The minimum absolute atomic E-state index is 0.0105. The molecule has 0 radical (unpaired) electrons.